The zero-order chi connectivity index (χ0) is 10.1. The number of carboxylic acids is 1. The van der Waals surface area contributed by atoms with Gasteiger partial charge in [-0.05, 0) is 23.3 Å². The van der Waals surface area contributed by atoms with E-state index in [0.717, 1.165) is 16.3 Å². The van der Waals surface area contributed by atoms with Crippen molar-refractivity contribution >= 4 is 16.7 Å². The average molecular weight is 224 g/mol. The summed E-state index contributed by atoms with van der Waals surface area (Å²) in [7, 11) is 0. The van der Waals surface area contributed by atoms with Gasteiger partial charge in [0.15, 0.2) is 0 Å². The molecule has 0 aromatic heterocycles. The van der Waals surface area contributed by atoms with Crippen LogP contribution in [-0.4, -0.2) is 5.97 Å². The molecule has 0 fully saturated rings. The summed E-state index contributed by atoms with van der Waals surface area (Å²) in [6, 6.07) is 10.8. The smallest absolute Gasteiger partial charge is 0.545 e. The fourth-order valence-corrected chi connectivity index (χ4v) is 1.63. The maximum absolute atomic E-state index is 10.8. The number of benzene rings is 2. The van der Waals surface area contributed by atoms with Gasteiger partial charge in [-0.25, -0.2) is 0 Å². The topological polar surface area (TPSA) is 40.1 Å². The van der Waals surface area contributed by atoms with Crippen molar-refractivity contribution in [2.45, 2.75) is 6.92 Å². The van der Waals surface area contributed by atoms with Gasteiger partial charge in [-0.2, -0.15) is 0 Å². The Morgan fingerprint density at radius 2 is 1.67 bits per heavy atom. The molecule has 2 aromatic rings. The van der Waals surface area contributed by atoms with Crippen molar-refractivity contribution in [2.75, 3.05) is 0 Å². The van der Waals surface area contributed by atoms with Crippen LogP contribution in [0.1, 0.15) is 15.9 Å². The van der Waals surface area contributed by atoms with Crippen LogP contribution in [0, 0.1) is 6.92 Å². The molecule has 0 atom stereocenters. The number of carboxylic acid groups (broad SMARTS) is 1. The number of aromatic carboxylic acids is 1. The summed E-state index contributed by atoms with van der Waals surface area (Å²) in [6.45, 7) is 1.96. The Bertz CT molecular complexity index is 506. The van der Waals surface area contributed by atoms with Gasteiger partial charge in [-0.15, -0.1) is 0 Å². The summed E-state index contributed by atoms with van der Waals surface area (Å²) in [6.07, 6.45) is 0. The summed E-state index contributed by atoms with van der Waals surface area (Å²) in [5.74, 6) is -1.12. The van der Waals surface area contributed by atoms with E-state index < -0.39 is 5.97 Å². The average Bonchev–Trinajstić information content (AvgIpc) is 2.18. The fourth-order valence-electron chi connectivity index (χ4n) is 1.63. The Labute approximate surface area is 131 Å². The van der Waals surface area contributed by atoms with E-state index in [2.05, 4.69) is 0 Å². The van der Waals surface area contributed by atoms with Crippen molar-refractivity contribution in [2.24, 2.45) is 0 Å². The molecule has 2 aromatic carbocycles. The predicted molar refractivity (Wildman–Crippen MR) is 53.0 cm³/mol. The molecule has 2 rings (SSSR count). The van der Waals surface area contributed by atoms with Crippen LogP contribution in [-0.2, 0) is 0 Å². The monoisotopic (exact) mass is 224 g/mol. The van der Waals surface area contributed by atoms with Crippen LogP contribution in [0.3, 0.4) is 0 Å². The number of carbonyl (C=O) groups excluding carboxylic acids is 1. The standard InChI is InChI=1S/C12H10O2.K/c1-8-6-7-11(12(13)14)10-5-3-2-4-9(8)10;/h2-7H,1H3,(H,13,14);/q;+1/p-1. The maximum Gasteiger partial charge on any atom is 1.00 e. The van der Waals surface area contributed by atoms with Crippen molar-refractivity contribution < 1.29 is 61.3 Å². The Morgan fingerprint density at radius 1 is 1.07 bits per heavy atom. The largest absolute Gasteiger partial charge is 1.00 e. The zero-order valence-electron chi connectivity index (χ0n) is 8.78. The first-order valence-corrected chi connectivity index (χ1v) is 4.40. The minimum Gasteiger partial charge on any atom is -0.545 e. The van der Waals surface area contributed by atoms with Crippen LogP contribution in [0.2, 0.25) is 0 Å². The SMILES string of the molecule is Cc1ccc(C(=O)[O-])c2ccccc12.[K+]. The van der Waals surface area contributed by atoms with Crippen LogP contribution >= 0.6 is 0 Å². The second-order valence-corrected chi connectivity index (χ2v) is 3.26. The molecular weight excluding hydrogens is 215 g/mol. The normalized spacial score (nSPS) is 9.67. The fraction of sp³-hybridized carbons (Fsp3) is 0.0833. The van der Waals surface area contributed by atoms with E-state index in [9.17, 15) is 9.90 Å². The van der Waals surface area contributed by atoms with Crippen LogP contribution in [0.5, 0.6) is 0 Å². The summed E-state index contributed by atoms with van der Waals surface area (Å²) in [4.78, 5) is 10.8. The molecule has 2 nitrogen and oxygen atoms in total. The molecule has 0 unspecified atom stereocenters. The minimum atomic E-state index is -1.12. The molecular formula is C12H9KO2. The summed E-state index contributed by atoms with van der Waals surface area (Å²) in [5, 5.41) is 12.5. The third-order valence-corrected chi connectivity index (χ3v) is 2.36. The van der Waals surface area contributed by atoms with Gasteiger partial charge < -0.3 is 9.90 Å². The van der Waals surface area contributed by atoms with Crippen molar-refractivity contribution in [3.8, 4) is 0 Å². The Kier molecular flexibility index (Phi) is 4.49. The molecule has 0 bridgehead atoms. The molecule has 0 aliphatic rings. The summed E-state index contributed by atoms with van der Waals surface area (Å²) >= 11 is 0. The van der Waals surface area contributed by atoms with E-state index >= 15 is 0 Å². The maximum atomic E-state index is 10.8. The van der Waals surface area contributed by atoms with E-state index in [1.54, 1.807) is 18.2 Å². The van der Waals surface area contributed by atoms with Gasteiger partial charge in [-0.3, -0.25) is 0 Å². The molecule has 0 amide bonds. The third kappa shape index (κ3) is 2.49. The van der Waals surface area contributed by atoms with Crippen molar-refractivity contribution in [3.05, 3.63) is 47.5 Å². The predicted octanol–water partition coefficient (Wildman–Crippen LogP) is -1.48. The number of rotatable bonds is 1. The molecule has 0 aliphatic carbocycles. The quantitative estimate of drug-likeness (QED) is 0.554. The molecule has 0 saturated carbocycles. The molecule has 0 radical (unpaired) electrons. The molecule has 0 spiro atoms. The Balaban J connectivity index is 0.00000112. The van der Waals surface area contributed by atoms with E-state index in [0.29, 0.717) is 0 Å². The van der Waals surface area contributed by atoms with Gasteiger partial charge in [0, 0.05) is 5.56 Å². The number of aryl methyl sites for hydroxylation is 1. The van der Waals surface area contributed by atoms with Crippen molar-refractivity contribution in [3.63, 3.8) is 0 Å². The van der Waals surface area contributed by atoms with Gasteiger partial charge in [-0.1, -0.05) is 36.4 Å². The molecule has 70 valence electrons. The number of hydrogen-bond acceptors (Lipinski definition) is 2. The Hall–Kier alpha value is -0.194. The number of fused-ring (bicyclic) bond motifs is 1. The molecule has 0 N–H and O–H groups in total. The second kappa shape index (κ2) is 5.23. The van der Waals surface area contributed by atoms with Crippen LogP contribution in [0.4, 0.5) is 0 Å². The summed E-state index contributed by atoms with van der Waals surface area (Å²) in [5.41, 5.74) is 1.33. The molecule has 3 heteroatoms. The van der Waals surface area contributed by atoms with Gasteiger partial charge >= 0.3 is 51.4 Å². The first-order valence-electron chi connectivity index (χ1n) is 4.40. The van der Waals surface area contributed by atoms with Gasteiger partial charge in [0.25, 0.3) is 0 Å². The second-order valence-electron chi connectivity index (χ2n) is 3.26. The van der Waals surface area contributed by atoms with Crippen molar-refractivity contribution in [1.82, 2.24) is 0 Å². The number of hydrogen-bond donors (Lipinski definition) is 0. The molecule has 0 saturated heterocycles. The first-order chi connectivity index (χ1) is 6.70. The number of carbonyl (C=O) groups is 1. The molecule has 0 aliphatic heterocycles. The first kappa shape index (κ1) is 12.9. The van der Waals surface area contributed by atoms with E-state index in [-0.39, 0.29) is 56.9 Å². The van der Waals surface area contributed by atoms with E-state index in [4.69, 9.17) is 0 Å². The molecule has 0 heterocycles. The van der Waals surface area contributed by atoms with Crippen molar-refractivity contribution in [1.29, 1.82) is 0 Å². The van der Waals surface area contributed by atoms with Crippen LogP contribution < -0.4 is 56.5 Å². The van der Waals surface area contributed by atoms with Crippen LogP contribution in [0.25, 0.3) is 10.8 Å². The molecule has 15 heavy (non-hydrogen) atoms. The van der Waals surface area contributed by atoms with E-state index in [1.165, 1.54) is 0 Å². The minimum absolute atomic E-state index is 0. The van der Waals surface area contributed by atoms with Gasteiger partial charge in [0.05, 0.1) is 5.97 Å². The van der Waals surface area contributed by atoms with Gasteiger partial charge in [0.1, 0.15) is 0 Å². The van der Waals surface area contributed by atoms with E-state index in [1.807, 2.05) is 25.1 Å². The summed E-state index contributed by atoms with van der Waals surface area (Å²) < 4.78 is 0. The Morgan fingerprint density at radius 3 is 2.27 bits per heavy atom. The third-order valence-electron chi connectivity index (χ3n) is 2.36. The van der Waals surface area contributed by atoms with Gasteiger partial charge in [0.2, 0.25) is 0 Å². The zero-order valence-corrected chi connectivity index (χ0v) is 11.9. The van der Waals surface area contributed by atoms with Crippen LogP contribution in [0.15, 0.2) is 36.4 Å².